The number of benzene rings is 2. The molecule has 0 unspecified atom stereocenters. The second-order valence-electron chi connectivity index (χ2n) is 7.00. The number of nitrogens with one attached hydrogen (secondary N) is 2. The van der Waals surface area contributed by atoms with Gasteiger partial charge in [0.15, 0.2) is 0 Å². The summed E-state index contributed by atoms with van der Waals surface area (Å²) in [5.41, 5.74) is 1.21. The number of carbonyl (C=O) groups is 1. The van der Waals surface area contributed by atoms with E-state index in [4.69, 9.17) is 11.6 Å². The Morgan fingerprint density at radius 3 is 2.74 bits per heavy atom. The number of hydrogen-bond acceptors (Lipinski definition) is 5. The second kappa shape index (κ2) is 8.64. The number of hydrogen-bond donors (Lipinski definition) is 2. The van der Waals surface area contributed by atoms with Gasteiger partial charge in [-0.1, -0.05) is 41.9 Å². The van der Waals surface area contributed by atoms with E-state index in [2.05, 4.69) is 15.0 Å². The van der Waals surface area contributed by atoms with E-state index < -0.39 is 34.0 Å². The number of thiazole rings is 1. The highest BCUT2D eigenvalue weighted by atomic mass is 35.5. The number of carbonyl (C=O) groups excluding carboxylic acids is 1. The molecule has 11 heteroatoms. The molecule has 1 amide bonds. The third-order valence-electron chi connectivity index (χ3n) is 4.95. The molecule has 162 valence electrons. The minimum absolute atomic E-state index is 0.139. The first-order chi connectivity index (χ1) is 14.7. The van der Waals surface area contributed by atoms with Crippen LogP contribution in [0.2, 0.25) is 5.02 Å². The van der Waals surface area contributed by atoms with E-state index >= 15 is 0 Å². The summed E-state index contributed by atoms with van der Waals surface area (Å²) in [6, 6.07) is 11.7. The third-order valence-corrected chi connectivity index (χ3v) is 7.99. The van der Waals surface area contributed by atoms with Gasteiger partial charge in [-0.05, 0) is 24.6 Å². The lowest BCUT2D eigenvalue weighted by Gasteiger charge is -2.35. The lowest BCUT2D eigenvalue weighted by Crippen LogP contribution is -2.55. The largest absolute Gasteiger partial charge is 0.325 e. The lowest BCUT2D eigenvalue weighted by molar-refractivity contribution is -0.120. The van der Waals surface area contributed by atoms with Crippen molar-refractivity contribution < 1.29 is 17.6 Å². The molecule has 7 nitrogen and oxygen atoms in total. The molecule has 1 aliphatic rings. The van der Waals surface area contributed by atoms with Gasteiger partial charge >= 0.3 is 0 Å². The van der Waals surface area contributed by atoms with Gasteiger partial charge in [0.1, 0.15) is 16.9 Å². The van der Waals surface area contributed by atoms with Crippen LogP contribution in [0.5, 0.6) is 0 Å². The Balaban J connectivity index is 1.57. The number of aromatic nitrogens is 1. The van der Waals surface area contributed by atoms with Crippen molar-refractivity contribution in [3.8, 4) is 10.6 Å². The zero-order valence-corrected chi connectivity index (χ0v) is 18.6. The summed E-state index contributed by atoms with van der Waals surface area (Å²) < 4.78 is 42.3. The first-order valence-corrected chi connectivity index (χ1v) is 11.9. The topological polar surface area (TPSA) is 91.4 Å². The Kier molecular flexibility index (Phi) is 6.09. The van der Waals surface area contributed by atoms with Crippen LogP contribution in [0.1, 0.15) is 17.3 Å². The number of rotatable bonds is 4. The van der Waals surface area contributed by atoms with Crippen LogP contribution in [0, 0.1) is 5.82 Å². The molecular formula is C20H18ClFN4O3S2. The number of amides is 1. The molecule has 2 heterocycles. The van der Waals surface area contributed by atoms with Gasteiger partial charge in [0.2, 0.25) is 5.91 Å². The van der Waals surface area contributed by atoms with E-state index in [1.165, 1.54) is 30.5 Å². The predicted molar refractivity (Wildman–Crippen MR) is 119 cm³/mol. The van der Waals surface area contributed by atoms with Crippen molar-refractivity contribution in [3.63, 3.8) is 0 Å². The van der Waals surface area contributed by atoms with Crippen LogP contribution in [0.25, 0.3) is 10.6 Å². The van der Waals surface area contributed by atoms with Gasteiger partial charge in [0, 0.05) is 29.4 Å². The van der Waals surface area contributed by atoms with Gasteiger partial charge in [-0.2, -0.15) is 17.4 Å². The van der Waals surface area contributed by atoms with Crippen molar-refractivity contribution in [2.75, 3.05) is 12.4 Å². The molecule has 1 fully saturated rings. The standard InChI is InChI=1S/C20H18ClFN4O3S2/c1-26-17(19(27)24-13-7-8-15(22)14(21)9-13)10-16(25-31(26,28)29)18-11-23-20(30-18)12-5-3-2-4-6-12/h2-9,11,16-17,25H,10H2,1H3,(H,24,27)/t16-,17+/m0/s1. The van der Waals surface area contributed by atoms with Crippen molar-refractivity contribution in [1.82, 2.24) is 14.0 Å². The highest BCUT2D eigenvalue weighted by Crippen LogP contribution is 2.34. The first kappa shape index (κ1) is 21.8. The van der Waals surface area contributed by atoms with Gasteiger partial charge in [0.25, 0.3) is 10.2 Å². The van der Waals surface area contributed by atoms with E-state index in [-0.39, 0.29) is 17.1 Å². The summed E-state index contributed by atoms with van der Waals surface area (Å²) >= 11 is 7.13. The SMILES string of the molecule is CN1[C@@H](C(=O)Nc2ccc(F)c(Cl)c2)C[C@@H](c2cnc(-c3ccccc3)s2)NS1(=O)=O. The molecule has 0 bridgehead atoms. The molecule has 2 N–H and O–H groups in total. The summed E-state index contributed by atoms with van der Waals surface area (Å²) in [7, 11) is -2.56. The van der Waals surface area contributed by atoms with Crippen LogP contribution in [0.15, 0.2) is 54.7 Å². The third kappa shape index (κ3) is 4.63. The number of halogens is 2. The zero-order valence-electron chi connectivity index (χ0n) is 16.2. The van der Waals surface area contributed by atoms with Crippen molar-refractivity contribution in [2.24, 2.45) is 0 Å². The maximum atomic E-state index is 13.4. The number of nitrogens with zero attached hydrogens (tertiary/aromatic N) is 2. The molecule has 0 radical (unpaired) electrons. The number of anilines is 1. The molecule has 1 aliphatic heterocycles. The Morgan fingerprint density at radius 1 is 1.29 bits per heavy atom. The fourth-order valence-corrected chi connectivity index (χ4v) is 5.76. The molecule has 0 aliphatic carbocycles. The maximum absolute atomic E-state index is 13.4. The van der Waals surface area contributed by atoms with E-state index in [0.717, 1.165) is 20.9 Å². The molecule has 2 atom stereocenters. The van der Waals surface area contributed by atoms with Crippen LogP contribution in [0.4, 0.5) is 10.1 Å². The fraction of sp³-hybridized carbons (Fsp3) is 0.200. The van der Waals surface area contributed by atoms with E-state index in [9.17, 15) is 17.6 Å². The molecule has 2 aromatic carbocycles. The van der Waals surface area contributed by atoms with Gasteiger partial charge in [-0.15, -0.1) is 11.3 Å². The summed E-state index contributed by atoms with van der Waals surface area (Å²) in [6.07, 6.45) is 1.83. The molecular weight excluding hydrogens is 463 g/mol. The smallest absolute Gasteiger partial charge is 0.280 e. The molecule has 1 saturated heterocycles. The monoisotopic (exact) mass is 480 g/mol. The van der Waals surface area contributed by atoms with Crippen molar-refractivity contribution in [1.29, 1.82) is 0 Å². The molecule has 0 saturated carbocycles. The molecule has 31 heavy (non-hydrogen) atoms. The van der Waals surface area contributed by atoms with Crippen LogP contribution in [-0.2, 0) is 15.0 Å². The fourth-order valence-electron chi connectivity index (χ4n) is 3.26. The lowest BCUT2D eigenvalue weighted by atomic mass is 10.1. The molecule has 4 rings (SSSR count). The Morgan fingerprint density at radius 2 is 2.03 bits per heavy atom. The van der Waals surface area contributed by atoms with Gasteiger partial charge in [-0.3, -0.25) is 4.79 Å². The maximum Gasteiger partial charge on any atom is 0.280 e. The van der Waals surface area contributed by atoms with Crippen LogP contribution >= 0.6 is 22.9 Å². The number of likely N-dealkylation sites (N-methyl/N-ethyl adjacent to an activating group) is 1. The van der Waals surface area contributed by atoms with E-state index in [1.54, 1.807) is 6.20 Å². The van der Waals surface area contributed by atoms with Gasteiger partial charge in [0.05, 0.1) is 11.1 Å². The van der Waals surface area contributed by atoms with Crippen LogP contribution < -0.4 is 10.0 Å². The summed E-state index contributed by atoms with van der Waals surface area (Å²) in [5, 5.41) is 3.24. The average molecular weight is 481 g/mol. The Bertz CT molecular complexity index is 1220. The van der Waals surface area contributed by atoms with Gasteiger partial charge < -0.3 is 5.32 Å². The first-order valence-electron chi connectivity index (χ1n) is 9.27. The van der Waals surface area contributed by atoms with Crippen molar-refractivity contribution in [3.05, 3.63) is 70.4 Å². The van der Waals surface area contributed by atoms with Crippen LogP contribution in [0.3, 0.4) is 0 Å². The summed E-state index contributed by atoms with van der Waals surface area (Å²) in [4.78, 5) is 18.0. The molecule has 3 aromatic rings. The molecule has 0 spiro atoms. The highest BCUT2D eigenvalue weighted by Gasteiger charge is 2.41. The molecule has 1 aromatic heterocycles. The Hall–Kier alpha value is -2.37. The highest BCUT2D eigenvalue weighted by molar-refractivity contribution is 7.87. The van der Waals surface area contributed by atoms with E-state index in [0.29, 0.717) is 4.88 Å². The average Bonchev–Trinajstić information content (AvgIpc) is 3.23. The second-order valence-corrected chi connectivity index (χ2v) is 10.2. The normalized spacial score (nSPS) is 21.0. The Labute approximate surface area is 188 Å². The minimum atomic E-state index is -3.90. The van der Waals surface area contributed by atoms with Crippen molar-refractivity contribution in [2.45, 2.75) is 18.5 Å². The van der Waals surface area contributed by atoms with Crippen molar-refractivity contribution >= 4 is 44.7 Å². The minimum Gasteiger partial charge on any atom is -0.325 e. The summed E-state index contributed by atoms with van der Waals surface area (Å²) in [5.74, 6) is -1.14. The van der Waals surface area contributed by atoms with Crippen LogP contribution in [-0.4, -0.2) is 36.7 Å². The quantitative estimate of drug-likeness (QED) is 0.593. The summed E-state index contributed by atoms with van der Waals surface area (Å²) in [6.45, 7) is 0. The van der Waals surface area contributed by atoms with Gasteiger partial charge in [-0.25, -0.2) is 9.37 Å². The van der Waals surface area contributed by atoms with E-state index in [1.807, 2.05) is 30.3 Å². The predicted octanol–water partition coefficient (Wildman–Crippen LogP) is 3.82. The zero-order chi connectivity index (χ0) is 22.2.